The van der Waals surface area contributed by atoms with Crippen molar-refractivity contribution in [3.8, 4) is 0 Å². The number of carbonyl (C=O) groups excluding carboxylic acids is 1. The highest BCUT2D eigenvalue weighted by molar-refractivity contribution is 5.87. The van der Waals surface area contributed by atoms with Crippen LogP contribution in [0.25, 0.3) is 0 Å². The lowest BCUT2D eigenvalue weighted by atomic mass is 10.2. The summed E-state index contributed by atoms with van der Waals surface area (Å²) in [6.07, 6.45) is -2.12. The first-order chi connectivity index (χ1) is 5.87. The van der Waals surface area contributed by atoms with E-state index in [1.165, 1.54) is 13.0 Å². The average molecular weight is 196 g/mol. The van der Waals surface area contributed by atoms with Crippen molar-refractivity contribution >= 4 is 5.97 Å². The monoisotopic (exact) mass is 196 g/mol. The lowest BCUT2D eigenvalue weighted by molar-refractivity contribution is -0.303. The van der Waals surface area contributed by atoms with Crippen LogP contribution in [0.2, 0.25) is 0 Å². The van der Waals surface area contributed by atoms with Crippen LogP contribution in [0, 0.1) is 0 Å². The normalized spacial score (nSPS) is 12.8. The summed E-state index contributed by atoms with van der Waals surface area (Å²) in [6, 6.07) is 0. The summed E-state index contributed by atoms with van der Waals surface area (Å²) in [7, 11) is 0. The number of rotatable bonds is 3. The molecule has 0 rings (SSSR count). The van der Waals surface area contributed by atoms with Crippen LogP contribution in [0.15, 0.2) is 11.6 Å². The summed E-state index contributed by atoms with van der Waals surface area (Å²) < 4.78 is 37.7. The molecule has 0 aliphatic carbocycles. The second-order valence-corrected chi connectivity index (χ2v) is 2.51. The number of alkyl halides is 3. The molecule has 0 heterocycles. The summed E-state index contributed by atoms with van der Waals surface area (Å²) >= 11 is 0. The van der Waals surface area contributed by atoms with Gasteiger partial charge in [-0.3, -0.25) is 0 Å². The van der Waals surface area contributed by atoms with Crippen molar-refractivity contribution in [1.29, 1.82) is 0 Å². The SMILES string of the molecule is CCCC=C(C)C(=O)OC(F)(F)F. The van der Waals surface area contributed by atoms with Gasteiger partial charge in [-0.15, -0.1) is 13.2 Å². The van der Waals surface area contributed by atoms with Gasteiger partial charge in [-0.2, -0.15) is 0 Å². The largest absolute Gasteiger partial charge is 0.575 e. The Balaban J connectivity index is 4.12. The minimum Gasteiger partial charge on any atom is -0.369 e. The van der Waals surface area contributed by atoms with E-state index < -0.39 is 12.3 Å². The van der Waals surface area contributed by atoms with E-state index in [1.807, 2.05) is 6.92 Å². The fourth-order valence-corrected chi connectivity index (χ4v) is 0.630. The summed E-state index contributed by atoms with van der Waals surface area (Å²) in [5.41, 5.74) is -0.0147. The quantitative estimate of drug-likeness (QED) is 0.512. The van der Waals surface area contributed by atoms with Crippen LogP contribution in [0.4, 0.5) is 13.2 Å². The Morgan fingerprint density at radius 3 is 2.38 bits per heavy atom. The molecule has 0 radical (unpaired) electrons. The van der Waals surface area contributed by atoms with E-state index >= 15 is 0 Å². The molecule has 0 saturated heterocycles. The zero-order chi connectivity index (χ0) is 10.5. The molecule has 0 unspecified atom stereocenters. The number of hydrogen-bond donors (Lipinski definition) is 0. The summed E-state index contributed by atoms with van der Waals surface area (Å²) in [5.74, 6) is -1.33. The highest BCUT2D eigenvalue weighted by Crippen LogP contribution is 2.18. The number of esters is 1. The van der Waals surface area contributed by atoms with Crippen LogP contribution in [-0.2, 0) is 9.53 Å². The van der Waals surface area contributed by atoms with Crippen molar-refractivity contribution in [1.82, 2.24) is 0 Å². The Hall–Kier alpha value is -1.00. The molecule has 0 amide bonds. The molecule has 0 saturated carbocycles. The molecule has 76 valence electrons. The fraction of sp³-hybridized carbons (Fsp3) is 0.625. The number of halogens is 3. The summed E-state index contributed by atoms with van der Waals surface area (Å²) in [4.78, 5) is 10.7. The highest BCUT2D eigenvalue weighted by atomic mass is 19.4. The first kappa shape index (κ1) is 12.0. The van der Waals surface area contributed by atoms with E-state index in [2.05, 4.69) is 4.74 Å². The molecule has 0 bridgehead atoms. The Morgan fingerprint density at radius 1 is 1.46 bits per heavy atom. The zero-order valence-corrected chi connectivity index (χ0v) is 7.44. The topological polar surface area (TPSA) is 26.3 Å². The third kappa shape index (κ3) is 6.19. The maximum atomic E-state index is 11.5. The van der Waals surface area contributed by atoms with Gasteiger partial charge in [0.15, 0.2) is 0 Å². The molecule has 0 aromatic carbocycles. The molecule has 0 N–H and O–H groups in total. The van der Waals surface area contributed by atoms with Crippen molar-refractivity contribution in [2.75, 3.05) is 0 Å². The second kappa shape index (κ2) is 4.89. The number of unbranched alkanes of at least 4 members (excludes halogenated alkanes) is 1. The maximum Gasteiger partial charge on any atom is 0.575 e. The Bertz CT molecular complexity index is 206. The average Bonchev–Trinajstić information content (AvgIpc) is 1.96. The van der Waals surface area contributed by atoms with E-state index in [-0.39, 0.29) is 5.57 Å². The van der Waals surface area contributed by atoms with E-state index in [0.717, 1.165) is 6.42 Å². The molecule has 0 spiro atoms. The van der Waals surface area contributed by atoms with E-state index in [4.69, 9.17) is 0 Å². The third-order valence-electron chi connectivity index (χ3n) is 1.27. The van der Waals surface area contributed by atoms with Crippen molar-refractivity contribution in [2.45, 2.75) is 33.1 Å². The zero-order valence-electron chi connectivity index (χ0n) is 7.44. The third-order valence-corrected chi connectivity index (χ3v) is 1.27. The van der Waals surface area contributed by atoms with Crippen LogP contribution in [-0.4, -0.2) is 12.3 Å². The summed E-state index contributed by atoms with van der Waals surface area (Å²) in [5, 5.41) is 0. The minimum atomic E-state index is -4.89. The Morgan fingerprint density at radius 2 is 2.00 bits per heavy atom. The van der Waals surface area contributed by atoms with E-state index in [1.54, 1.807) is 0 Å². The van der Waals surface area contributed by atoms with Crippen molar-refractivity contribution in [2.24, 2.45) is 0 Å². The Kier molecular flexibility index (Phi) is 4.51. The van der Waals surface area contributed by atoms with Gasteiger partial charge in [-0.05, 0) is 13.3 Å². The van der Waals surface area contributed by atoms with Crippen molar-refractivity contribution < 1.29 is 22.7 Å². The molecule has 0 aromatic rings. The van der Waals surface area contributed by atoms with Crippen LogP contribution >= 0.6 is 0 Å². The second-order valence-electron chi connectivity index (χ2n) is 2.51. The number of ether oxygens (including phenoxy) is 1. The van der Waals surface area contributed by atoms with Crippen LogP contribution < -0.4 is 0 Å². The molecule has 0 fully saturated rings. The number of carbonyl (C=O) groups is 1. The maximum absolute atomic E-state index is 11.5. The fourth-order valence-electron chi connectivity index (χ4n) is 0.630. The first-order valence-corrected chi connectivity index (χ1v) is 3.83. The molecular formula is C8H11F3O2. The van der Waals surface area contributed by atoms with Gasteiger partial charge in [0.05, 0.1) is 0 Å². The van der Waals surface area contributed by atoms with Gasteiger partial charge in [-0.25, -0.2) is 4.79 Å². The number of hydrogen-bond acceptors (Lipinski definition) is 2. The van der Waals surface area contributed by atoms with Crippen LogP contribution in [0.1, 0.15) is 26.7 Å². The summed E-state index contributed by atoms with van der Waals surface area (Å²) in [6.45, 7) is 3.16. The highest BCUT2D eigenvalue weighted by Gasteiger charge is 2.34. The molecule has 0 aromatic heterocycles. The standard InChI is InChI=1S/C8H11F3O2/c1-3-4-5-6(2)7(12)13-8(9,10)11/h5H,3-4H2,1-2H3. The molecule has 13 heavy (non-hydrogen) atoms. The molecule has 0 aliphatic heterocycles. The van der Waals surface area contributed by atoms with E-state index in [9.17, 15) is 18.0 Å². The van der Waals surface area contributed by atoms with E-state index in [0.29, 0.717) is 6.42 Å². The molecule has 2 nitrogen and oxygen atoms in total. The molecule has 0 aliphatic rings. The Labute approximate surface area is 74.4 Å². The van der Waals surface area contributed by atoms with Gasteiger partial charge in [0.2, 0.25) is 0 Å². The van der Waals surface area contributed by atoms with Gasteiger partial charge in [0, 0.05) is 5.57 Å². The van der Waals surface area contributed by atoms with Gasteiger partial charge in [-0.1, -0.05) is 19.4 Å². The predicted octanol–water partition coefficient (Wildman–Crippen LogP) is 2.80. The lowest BCUT2D eigenvalue weighted by Gasteiger charge is -2.06. The molecular weight excluding hydrogens is 185 g/mol. The molecule has 0 atom stereocenters. The van der Waals surface area contributed by atoms with Gasteiger partial charge < -0.3 is 4.74 Å². The van der Waals surface area contributed by atoms with Crippen molar-refractivity contribution in [3.05, 3.63) is 11.6 Å². The lowest BCUT2D eigenvalue weighted by Crippen LogP contribution is -2.19. The number of allylic oxidation sites excluding steroid dienone is 1. The minimum absolute atomic E-state index is 0.0147. The predicted molar refractivity (Wildman–Crippen MR) is 40.8 cm³/mol. The van der Waals surface area contributed by atoms with Gasteiger partial charge in [0.25, 0.3) is 0 Å². The smallest absolute Gasteiger partial charge is 0.369 e. The van der Waals surface area contributed by atoms with Gasteiger partial charge >= 0.3 is 12.3 Å². The van der Waals surface area contributed by atoms with Crippen molar-refractivity contribution in [3.63, 3.8) is 0 Å². The van der Waals surface area contributed by atoms with Gasteiger partial charge in [0.1, 0.15) is 0 Å². The van der Waals surface area contributed by atoms with Crippen LogP contribution in [0.5, 0.6) is 0 Å². The van der Waals surface area contributed by atoms with Crippen LogP contribution in [0.3, 0.4) is 0 Å². The first-order valence-electron chi connectivity index (χ1n) is 3.83. The molecule has 5 heteroatoms.